The topological polar surface area (TPSA) is 41.5 Å². The summed E-state index contributed by atoms with van der Waals surface area (Å²) >= 11 is 0. The fourth-order valence-corrected chi connectivity index (χ4v) is 1.95. The van der Waals surface area contributed by atoms with Crippen molar-refractivity contribution in [3.05, 3.63) is 29.3 Å². The minimum absolute atomic E-state index is 0.121. The SMILES string of the molecule is CCC(COC)NC(C)c1ccc(C)cc1O. The van der Waals surface area contributed by atoms with Crippen molar-refractivity contribution >= 4 is 0 Å². The van der Waals surface area contributed by atoms with E-state index < -0.39 is 0 Å². The van der Waals surface area contributed by atoms with Crippen LogP contribution in [0, 0.1) is 6.92 Å². The van der Waals surface area contributed by atoms with Crippen LogP contribution in [0.25, 0.3) is 0 Å². The van der Waals surface area contributed by atoms with Crippen molar-refractivity contribution in [2.24, 2.45) is 0 Å². The van der Waals surface area contributed by atoms with Gasteiger partial charge >= 0.3 is 0 Å². The third-order valence-electron chi connectivity index (χ3n) is 3.00. The molecular formula is C14H23NO2. The lowest BCUT2D eigenvalue weighted by atomic mass is 10.0. The Labute approximate surface area is 104 Å². The third kappa shape index (κ3) is 4.02. The minimum Gasteiger partial charge on any atom is -0.508 e. The summed E-state index contributed by atoms with van der Waals surface area (Å²) in [5.41, 5.74) is 2.01. The zero-order chi connectivity index (χ0) is 12.8. The number of aromatic hydroxyl groups is 1. The van der Waals surface area contributed by atoms with Crippen LogP contribution in [0.1, 0.15) is 37.4 Å². The van der Waals surface area contributed by atoms with Gasteiger partial charge in [-0.25, -0.2) is 0 Å². The van der Waals surface area contributed by atoms with Crippen LogP contribution >= 0.6 is 0 Å². The van der Waals surface area contributed by atoms with Gasteiger partial charge in [0.1, 0.15) is 5.75 Å². The number of nitrogens with one attached hydrogen (secondary N) is 1. The number of rotatable bonds is 6. The molecule has 0 aliphatic rings. The van der Waals surface area contributed by atoms with Gasteiger partial charge < -0.3 is 15.2 Å². The monoisotopic (exact) mass is 237 g/mol. The van der Waals surface area contributed by atoms with E-state index in [0.717, 1.165) is 17.5 Å². The number of hydrogen-bond donors (Lipinski definition) is 2. The van der Waals surface area contributed by atoms with Crippen LogP contribution in [0.4, 0.5) is 0 Å². The first kappa shape index (κ1) is 14.0. The van der Waals surface area contributed by atoms with Crippen molar-refractivity contribution in [1.29, 1.82) is 0 Å². The molecule has 0 aromatic heterocycles. The first-order valence-electron chi connectivity index (χ1n) is 6.13. The van der Waals surface area contributed by atoms with Crippen molar-refractivity contribution in [3.63, 3.8) is 0 Å². The van der Waals surface area contributed by atoms with Crippen LogP contribution in [-0.2, 0) is 4.74 Å². The molecule has 0 saturated carbocycles. The normalized spacial score (nSPS) is 14.6. The maximum atomic E-state index is 9.91. The lowest BCUT2D eigenvalue weighted by molar-refractivity contribution is 0.159. The molecule has 0 aliphatic carbocycles. The van der Waals surface area contributed by atoms with Gasteiger partial charge in [-0.2, -0.15) is 0 Å². The van der Waals surface area contributed by atoms with Gasteiger partial charge in [-0.15, -0.1) is 0 Å². The van der Waals surface area contributed by atoms with Crippen molar-refractivity contribution < 1.29 is 9.84 Å². The average molecular weight is 237 g/mol. The van der Waals surface area contributed by atoms with Gasteiger partial charge in [0.15, 0.2) is 0 Å². The summed E-state index contributed by atoms with van der Waals surface area (Å²) in [6, 6.07) is 6.23. The highest BCUT2D eigenvalue weighted by molar-refractivity contribution is 5.37. The Morgan fingerprint density at radius 3 is 2.65 bits per heavy atom. The zero-order valence-electron chi connectivity index (χ0n) is 11.2. The van der Waals surface area contributed by atoms with Gasteiger partial charge in [0.05, 0.1) is 6.61 Å². The lowest BCUT2D eigenvalue weighted by Crippen LogP contribution is -2.34. The van der Waals surface area contributed by atoms with E-state index in [0.29, 0.717) is 18.4 Å². The second kappa shape index (κ2) is 6.62. The molecule has 3 heteroatoms. The largest absolute Gasteiger partial charge is 0.508 e. The summed E-state index contributed by atoms with van der Waals surface area (Å²) in [5, 5.41) is 13.4. The molecule has 0 aliphatic heterocycles. The van der Waals surface area contributed by atoms with Gasteiger partial charge in [0.2, 0.25) is 0 Å². The zero-order valence-corrected chi connectivity index (χ0v) is 11.2. The van der Waals surface area contributed by atoms with Crippen molar-refractivity contribution in [2.75, 3.05) is 13.7 Å². The molecule has 1 rings (SSSR count). The summed E-state index contributed by atoms with van der Waals surface area (Å²) < 4.78 is 5.16. The summed E-state index contributed by atoms with van der Waals surface area (Å²) in [6.07, 6.45) is 1.00. The number of phenols is 1. The van der Waals surface area contributed by atoms with Crippen LogP contribution < -0.4 is 5.32 Å². The van der Waals surface area contributed by atoms with Gasteiger partial charge in [-0.3, -0.25) is 0 Å². The molecule has 2 unspecified atom stereocenters. The Hall–Kier alpha value is -1.06. The number of methoxy groups -OCH3 is 1. The van der Waals surface area contributed by atoms with Gasteiger partial charge in [-0.05, 0) is 31.9 Å². The van der Waals surface area contributed by atoms with Crippen molar-refractivity contribution in [2.45, 2.75) is 39.3 Å². The third-order valence-corrected chi connectivity index (χ3v) is 3.00. The predicted octanol–water partition coefficient (Wildman–Crippen LogP) is 2.78. The molecule has 96 valence electrons. The number of aryl methyl sites for hydroxylation is 1. The molecule has 2 atom stereocenters. The Bertz CT molecular complexity index is 352. The van der Waals surface area contributed by atoms with E-state index in [1.165, 1.54) is 0 Å². The highest BCUT2D eigenvalue weighted by atomic mass is 16.5. The summed E-state index contributed by atoms with van der Waals surface area (Å²) in [6.45, 7) is 6.84. The molecular weight excluding hydrogens is 214 g/mol. The highest BCUT2D eigenvalue weighted by Gasteiger charge is 2.14. The second-order valence-corrected chi connectivity index (χ2v) is 4.51. The number of phenolic OH excluding ortho intramolecular Hbond substituents is 1. The maximum absolute atomic E-state index is 9.91. The lowest BCUT2D eigenvalue weighted by Gasteiger charge is -2.22. The van der Waals surface area contributed by atoms with E-state index in [2.05, 4.69) is 19.2 Å². The first-order valence-corrected chi connectivity index (χ1v) is 6.13. The van der Waals surface area contributed by atoms with Crippen LogP contribution in [0.15, 0.2) is 18.2 Å². The van der Waals surface area contributed by atoms with Gasteiger partial charge in [0.25, 0.3) is 0 Å². The molecule has 0 spiro atoms. The Morgan fingerprint density at radius 2 is 2.12 bits per heavy atom. The summed E-state index contributed by atoms with van der Waals surface area (Å²) in [5.74, 6) is 0.359. The van der Waals surface area contributed by atoms with Gasteiger partial charge in [0, 0.05) is 24.8 Å². The van der Waals surface area contributed by atoms with E-state index >= 15 is 0 Å². The smallest absolute Gasteiger partial charge is 0.120 e. The number of hydrogen-bond acceptors (Lipinski definition) is 3. The fraction of sp³-hybridized carbons (Fsp3) is 0.571. The molecule has 1 aromatic rings. The Morgan fingerprint density at radius 1 is 1.41 bits per heavy atom. The highest BCUT2D eigenvalue weighted by Crippen LogP contribution is 2.25. The Kier molecular flexibility index (Phi) is 5.45. The molecule has 0 bridgehead atoms. The van der Waals surface area contributed by atoms with Crippen LogP contribution in [-0.4, -0.2) is 24.9 Å². The summed E-state index contributed by atoms with van der Waals surface area (Å²) in [7, 11) is 1.71. The standard InChI is InChI=1S/C14H23NO2/c1-5-12(9-17-4)15-11(3)13-7-6-10(2)8-14(13)16/h6-8,11-12,15-16H,5,9H2,1-4H3. The quantitative estimate of drug-likeness (QED) is 0.799. The molecule has 3 nitrogen and oxygen atoms in total. The van der Waals surface area contributed by atoms with E-state index in [4.69, 9.17) is 4.74 Å². The first-order chi connectivity index (χ1) is 8.08. The van der Waals surface area contributed by atoms with Crippen LogP contribution in [0.2, 0.25) is 0 Å². The second-order valence-electron chi connectivity index (χ2n) is 4.51. The minimum atomic E-state index is 0.121. The van der Waals surface area contributed by atoms with Crippen molar-refractivity contribution in [1.82, 2.24) is 5.32 Å². The van der Waals surface area contributed by atoms with E-state index in [-0.39, 0.29) is 6.04 Å². The van der Waals surface area contributed by atoms with Crippen LogP contribution in [0.3, 0.4) is 0 Å². The molecule has 17 heavy (non-hydrogen) atoms. The molecule has 0 heterocycles. The number of benzene rings is 1. The fourth-order valence-electron chi connectivity index (χ4n) is 1.95. The van der Waals surface area contributed by atoms with Gasteiger partial charge in [-0.1, -0.05) is 19.1 Å². The molecule has 2 N–H and O–H groups in total. The summed E-state index contributed by atoms with van der Waals surface area (Å²) in [4.78, 5) is 0. The number of ether oxygens (including phenoxy) is 1. The Balaban J connectivity index is 2.71. The molecule has 0 radical (unpaired) electrons. The predicted molar refractivity (Wildman–Crippen MR) is 70.3 cm³/mol. The average Bonchev–Trinajstić information content (AvgIpc) is 2.28. The molecule has 0 amide bonds. The van der Waals surface area contributed by atoms with E-state index in [9.17, 15) is 5.11 Å². The van der Waals surface area contributed by atoms with Crippen molar-refractivity contribution in [3.8, 4) is 5.75 Å². The van der Waals surface area contributed by atoms with Crippen LogP contribution in [0.5, 0.6) is 5.75 Å². The molecule has 0 saturated heterocycles. The molecule has 0 fully saturated rings. The molecule has 1 aromatic carbocycles. The van der Waals surface area contributed by atoms with E-state index in [1.807, 2.05) is 19.1 Å². The van der Waals surface area contributed by atoms with E-state index in [1.54, 1.807) is 13.2 Å². The maximum Gasteiger partial charge on any atom is 0.120 e.